The fourth-order valence-electron chi connectivity index (χ4n) is 4.06. The maximum absolute atomic E-state index is 13.5. The van der Waals surface area contributed by atoms with Crippen molar-refractivity contribution in [3.8, 4) is 11.3 Å². The van der Waals surface area contributed by atoms with Crippen LogP contribution in [-0.2, 0) is 4.74 Å². The summed E-state index contributed by atoms with van der Waals surface area (Å²) in [5.41, 5.74) is 2.45. The second-order valence-corrected chi connectivity index (χ2v) is 8.24. The number of amides is 1. The topological polar surface area (TPSA) is 80.2 Å². The molecule has 5 rings (SSSR count). The van der Waals surface area contributed by atoms with Crippen molar-refractivity contribution in [1.29, 1.82) is 0 Å². The molecule has 1 fully saturated rings. The van der Waals surface area contributed by atoms with Crippen LogP contribution in [0.25, 0.3) is 22.0 Å². The van der Waals surface area contributed by atoms with Gasteiger partial charge in [0.1, 0.15) is 0 Å². The van der Waals surface area contributed by atoms with Gasteiger partial charge in [0.25, 0.3) is 5.91 Å². The fourth-order valence-corrected chi connectivity index (χ4v) is 4.06. The van der Waals surface area contributed by atoms with Crippen LogP contribution >= 0.6 is 0 Å². The van der Waals surface area contributed by atoms with E-state index in [1.807, 2.05) is 30.0 Å². The van der Waals surface area contributed by atoms with Gasteiger partial charge < -0.3 is 15.0 Å². The Bertz CT molecular complexity index is 1320. The van der Waals surface area contributed by atoms with Crippen LogP contribution < -0.4 is 10.2 Å². The first-order valence-corrected chi connectivity index (χ1v) is 11.2. The summed E-state index contributed by atoms with van der Waals surface area (Å²) in [6, 6.07) is 18.6. The number of aromatic nitrogens is 3. The van der Waals surface area contributed by atoms with E-state index in [2.05, 4.69) is 44.8 Å². The molecule has 3 heterocycles. The average molecular weight is 458 g/mol. The molecule has 1 atom stereocenters. The van der Waals surface area contributed by atoms with Crippen molar-refractivity contribution in [1.82, 2.24) is 20.5 Å². The summed E-state index contributed by atoms with van der Waals surface area (Å²) >= 11 is 0. The van der Waals surface area contributed by atoms with E-state index in [1.54, 1.807) is 12.1 Å². The molecule has 34 heavy (non-hydrogen) atoms. The molecule has 4 aromatic rings. The number of anilines is 1. The molecular formula is C26H24FN5O2. The van der Waals surface area contributed by atoms with Crippen LogP contribution in [0, 0.1) is 5.95 Å². The van der Waals surface area contributed by atoms with Crippen molar-refractivity contribution in [2.75, 3.05) is 31.2 Å². The number of halogens is 1. The Morgan fingerprint density at radius 3 is 2.59 bits per heavy atom. The number of hydrogen-bond donors (Lipinski definition) is 1. The fraction of sp³-hybridized carbons (Fsp3) is 0.231. The van der Waals surface area contributed by atoms with Crippen LogP contribution in [0.4, 0.5) is 10.2 Å². The number of nitrogens with zero attached hydrogens (tertiary/aromatic N) is 4. The third-order valence-electron chi connectivity index (χ3n) is 5.97. The summed E-state index contributed by atoms with van der Waals surface area (Å²) in [5.74, 6) is -0.331. The first-order valence-electron chi connectivity index (χ1n) is 11.2. The van der Waals surface area contributed by atoms with Crippen LogP contribution in [0.15, 0.2) is 66.9 Å². The molecule has 1 aliphatic heterocycles. The van der Waals surface area contributed by atoms with Crippen LogP contribution in [0.2, 0.25) is 0 Å². The van der Waals surface area contributed by atoms with Gasteiger partial charge >= 0.3 is 0 Å². The molecule has 1 N–H and O–H groups in total. The minimum absolute atomic E-state index is 0.223. The molecular weight excluding hydrogens is 433 g/mol. The molecule has 1 unspecified atom stereocenters. The zero-order valence-corrected chi connectivity index (χ0v) is 18.7. The van der Waals surface area contributed by atoms with E-state index < -0.39 is 5.95 Å². The Morgan fingerprint density at radius 2 is 1.82 bits per heavy atom. The summed E-state index contributed by atoms with van der Waals surface area (Å²) in [4.78, 5) is 19.2. The molecule has 7 nitrogen and oxygen atoms in total. The molecule has 0 saturated carbocycles. The molecule has 1 amide bonds. The highest BCUT2D eigenvalue weighted by molar-refractivity contribution is 6.00. The maximum atomic E-state index is 13.5. The van der Waals surface area contributed by atoms with Gasteiger partial charge in [0.05, 0.1) is 30.5 Å². The summed E-state index contributed by atoms with van der Waals surface area (Å²) < 4.78 is 18.7. The maximum Gasteiger partial charge on any atom is 0.255 e. The molecule has 2 aromatic carbocycles. The van der Waals surface area contributed by atoms with Gasteiger partial charge in [-0.2, -0.15) is 4.39 Å². The minimum atomic E-state index is -0.580. The third-order valence-corrected chi connectivity index (χ3v) is 5.97. The predicted octanol–water partition coefficient (Wildman–Crippen LogP) is 4.16. The lowest BCUT2D eigenvalue weighted by molar-refractivity contribution is 0.0937. The van der Waals surface area contributed by atoms with Crippen LogP contribution in [-0.4, -0.2) is 47.4 Å². The highest BCUT2D eigenvalue weighted by atomic mass is 19.1. The van der Waals surface area contributed by atoms with E-state index in [1.165, 1.54) is 12.3 Å². The lowest BCUT2D eigenvalue weighted by Crippen LogP contribution is -2.39. The molecule has 2 aromatic heterocycles. The Hall–Kier alpha value is -3.91. The van der Waals surface area contributed by atoms with Gasteiger partial charge in [-0.1, -0.05) is 36.4 Å². The van der Waals surface area contributed by atoms with Crippen LogP contribution in [0.5, 0.6) is 0 Å². The number of morpholine rings is 1. The Kier molecular flexibility index (Phi) is 6.14. The smallest absolute Gasteiger partial charge is 0.255 e. The zero-order chi connectivity index (χ0) is 23.5. The molecule has 0 bridgehead atoms. The quantitative estimate of drug-likeness (QED) is 0.454. The molecule has 0 radical (unpaired) electrons. The lowest BCUT2D eigenvalue weighted by atomic mass is 10.0. The number of carbonyl (C=O) groups is 1. The van der Waals surface area contributed by atoms with E-state index in [-0.39, 0.29) is 11.9 Å². The first kappa shape index (κ1) is 21.9. The van der Waals surface area contributed by atoms with Crippen molar-refractivity contribution in [2.45, 2.75) is 13.0 Å². The summed E-state index contributed by atoms with van der Waals surface area (Å²) in [6.45, 7) is 4.30. The average Bonchev–Trinajstić information content (AvgIpc) is 2.89. The number of pyridine rings is 1. The summed E-state index contributed by atoms with van der Waals surface area (Å²) in [7, 11) is 0. The lowest BCUT2D eigenvalue weighted by Gasteiger charge is -2.29. The van der Waals surface area contributed by atoms with E-state index in [0.29, 0.717) is 48.9 Å². The van der Waals surface area contributed by atoms with E-state index in [9.17, 15) is 9.18 Å². The van der Waals surface area contributed by atoms with E-state index in [4.69, 9.17) is 4.74 Å². The van der Waals surface area contributed by atoms with Crippen molar-refractivity contribution in [3.63, 3.8) is 0 Å². The standard InChI is InChI=1S/C26H24FN5O2/c1-17(19-7-6-18-4-2-3-5-20(18)14-19)29-26(33)22-15-23(21-8-9-24(27)28-16-21)30-31-25(22)32-10-12-34-13-11-32/h2-9,14-17H,10-13H2,1H3,(H,29,33). The number of carbonyl (C=O) groups excluding carboxylic acids is 1. The molecule has 0 spiro atoms. The molecule has 1 saturated heterocycles. The van der Waals surface area contributed by atoms with Gasteiger partial charge in [-0.05, 0) is 47.5 Å². The first-order chi connectivity index (χ1) is 16.6. The SMILES string of the molecule is CC(NC(=O)c1cc(-c2ccc(F)nc2)nnc1N1CCOCC1)c1ccc2ccccc2c1. The zero-order valence-electron chi connectivity index (χ0n) is 18.7. The van der Waals surface area contributed by atoms with Gasteiger partial charge in [0.15, 0.2) is 5.82 Å². The largest absolute Gasteiger partial charge is 0.378 e. The molecule has 0 aliphatic carbocycles. The van der Waals surface area contributed by atoms with Crippen molar-refractivity contribution < 1.29 is 13.9 Å². The minimum Gasteiger partial charge on any atom is -0.378 e. The highest BCUT2D eigenvalue weighted by Crippen LogP contribution is 2.26. The Morgan fingerprint density at radius 1 is 1.03 bits per heavy atom. The Balaban J connectivity index is 1.46. The molecule has 1 aliphatic rings. The van der Waals surface area contributed by atoms with Crippen molar-refractivity contribution in [2.24, 2.45) is 0 Å². The Labute approximate surface area is 196 Å². The normalized spacial score (nSPS) is 14.7. The van der Waals surface area contributed by atoms with Crippen LogP contribution in [0.1, 0.15) is 28.9 Å². The van der Waals surface area contributed by atoms with Crippen molar-refractivity contribution in [3.05, 3.63) is 83.9 Å². The highest BCUT2D eigenvalue weighted by Gasteiger charge is 2.23. The number of fused-ring (bicyclic) bond motifs is 1. The number of nitrogens with one attached hydrogen (secondary N) is 1. The van der Waals surface area contributed by atoms with E-state index >= 15 is 0 Å². The number of benzene rings is 2. The second kappa shape index (κ2) is 9.52. The summed E-state index contributed by atoms with van der Waals surface area (Å²) in [6.07, 6.45) is 1.38. The monoisotopic (exact) mass is 457 g/mol. The van der Waals surface area contributed by atoms with E-state index in [0.717, 1.165) is 16.3 Å². The van der Waals surface area contributed by atoms with Gasteiger partial charge in [-0.3, -0.25) is 4.79 Å². The number of rotatable bonds is 5. The number of hydrogen-bond acceptors (Lipinski definition) is 6. The van der Waals surface area contributed by atoms with Gasteiger partial charge in [-0.15, -0.1) is 10.2 Å². The third kappa shape index (κ3) is 4.58. The van der Waals surface area contributed by atoms with Gasteiger partial charge in [0.2, 0.25) is 5.95 Å². The second-order valence-electron chi connectivity index (χ2n) is 8.24. The molecule has 172 valence electrons. The number of ether oxygens (including phenoxy) is 1. The van der Waals surface area contributed by atoms with Crippen molar-refractivity contribution >= 4 is 22.5 Å². The predicted molar refractivity (Wildman–Crippen MR) is 128 cm³/mol. The van der Waals surface area contributed by atoms with Crippen LogP contribution in [0.3, 0.4) is 0 Å². The molecule has 8 heteroatoms. The van der Waals surface area contributed by atoms with Gasteiger partial charge in [0, 0.05) is 24.8 Å². The summed E-state index contributed by atoms with van der Waals surface area (Å²) in [5, 5.41) is 14.0. The van der Waals surface area contributed by atoms with Gasteiger partial charge in [-0.25, -0.2) is 4.98 Å².